The van der Waals surface area contributed by atoms with E-state index in [1.807, 2.05) is 44.4 Å². The van der Waals surface area contributed by atoms with Crippen molar-refractivity contribution in [3.63, 3.8) is 0 Å². The van der Waals surface area contributed by atoms with Crippen LogP contribution >= 0.6 is 0 Å². The maximum absolute atomic E-state index is 12.1. The number of pyridine rings is 1. The van der Waals surface area contributed by atoms with Gasteiger partial charge in [0.15, 0.2) is 0 Å². The molecule has 6 nitrogen and oxygen atoms in total. The summed E-state index contributed by atoms with van der Waals surface area (Å²) in [7, 11) is 3.63. The highest BCUT2D eigenvalue weighted by molar-refractivity contribution is 5.82. The Balaban J connectivity index is 1.37. The van der Waals surface area contributed by atoms with E-state index in [-0.39, 0.29) is 11.8 Å². The van der Waals surface area contributed by atoms with E-state index in [0.717, 1.165) is 29.1 Å². The zero-order valence-corrected chi connectivity index (χ0v) is 15.4. The number of aromatic amines is 1. The van der Waals surface area contributed by atoms with Crippen LogP contribution < -0.4 is 4.74 Å². The van der Waals surface area contributed by atoms with Crippen molar-refractivity contribution in [2.24, 2.45) is 5.92 Å². The van der Waals surface area contributed by atoms with E-state index < -0.39 is 0 Å². The number of nitrogens with zero attached hydrogens (tertiary/aromatic N) is 3. The first-order valence-corrected chi connectivity index (χ1v) is 9.00. The molecule has 2 atom stereocenters. The summed E-state index contributed by atoms with van der Waals surface area (Å²) in [6.45, 7) is 0.470. The van der Waals surface area contributed by atoms with Crippen molar-refractivity contribution in [2.75, 3.05) is 14.1 Å². The molecule has 6 heteroatoms. The van der Waals surface area contributed by atoms with Crippen LogP contribution in [0, 0.1) is 5.92 Å². The van der Waals surface area contributed by atoms with Crippen LogP contribution in [0.15, 0.2) is 54.9 Å². The van der Waals surface area contributed by atoms with Gasteiger partial charge in [-0.2, -0.15) is 5.10 Å². The maximum Gasteiger partial charge on any atom is 0.225 e. The van der Waals surface area contributed by atoms with Crippen molar-refractivity contribution >= 4 is 5.91 Å². The van der Waals surface area contributed by atoms with Gasteiger partial charge in [0.25, 0.3) is 0 Å². The summed E-state index contributed by atoms with van der Waals surface area (Å²) in [5.41, 5.74) is 4.00. The van der Waals surface area contributed by atoms with Crippen LogP contribution in [0.5, 0.6) is 5.75 Å². The first kappa shape index (κ1) is 17.3. The van der Waals surface area contributed by atoms with Gasteiger partial charge in [-0.05, 0) is 41.7 Å². The van der Waals surface area contributed by atoms with Gasteiger partial charge in [0, 0.05) is 26.2 Å². The third-order valence-electron chi connectivity index (χ3n) is 4.85. The first-order valence-electron chi connectivity index (χ1n) is 9.00. The summed E-state index contributed by atoms with van der Waals surface area (Å²) in [6.07, 6.45) is 4.35. The zero-order valence-electron chi connectivity index (χ0n) is 15.4. The number of nitrogens with one attached hydrogen (secondary N) is 1. The lowest BCUT2D eigenvalue weighted by Crippen LogP contribution is -2.23. The van der Waals surface area contributed by atoms with Crippen LogP contribution in [0.2, 0.25) is 0 Å². The van der Waals surface area contributed by atoms with Crippen LogP contribution in [0.1, 0.15) is 23.5 Å². The number of H-pyrrole nitrogens is 1. The second kappa shape index (κ2) is 7.23. The monoisotopic (exact) mass is 362 g/mol. The highest BCUT2D eigenvalue weighted by Crippen LogP contribution is 2.48. The molecule has 27 heavy (non-hydrogen) atoms. The quantitative estimate of drug-likeness (QED) is 0.731. The minimum atomic E-state index is 0.121. The summed E-state index contributed by atoms with van der Waals surface area (Å²) in [5, 5.41) is 6.82. The second-order valence-corrected chi connectivity index (χ2v) is 7.06. The fraction of sp³-hybridized carbons (Fsp3) is 0.286. The third kappa shape index (κ3) is 3.84. The fourth-order valence-electron chi connectivity index (χ4n) is 3.27. The van der Waals surface area contributed by atoms with E-state index in [1.54, 1.807) is 17.3 Å². The second-order valence-electron chi connectivity index (χ2n) is 7.06. The van der Waals surface area contributed by atoms with Crippen molar-refractivity contribution in [1.29, 1.82) is 0 Å². The minimum absolute atomic E-state index is 0.121. The molecule has 4 rings (SSSR count). The molecule has 1 fully saturated rings. The van der Waals surface area contributed by atoms with E-state index in [9.17, 15) is 4.79 Å². The lowest BCUT2D eigenvalue weighted by molar-refractivity contribution is -0.130. The largest absolute Gasteiger partial charge is 0.487 e. The number of aromatic nitrogens is 3. The predicted octanol–water partition coefficient (Wildman–Crippen LogP) is 3.24. The number of carbonyl (C=O) groups excluding carboxylic acids is 1. The molecule has 0 bridgehead atoms. The van der Waals surface area contributed by atoms with E-state index >= 15 is 0 Å². The average molecular weight is 362 g/mol. The van der Waals surface area contributed by atoms with E-state index in [4.69, 9.17) is 4.74 Å². The smallest absolute Gasteiger partial charge is 0.225 e. The Hall–Kier alpha value is -3.15. The standard InChI is InChI=1S/C21H22N4O2/c1-25(2)21(26)18-11-17(18)15-5-3-4-14(10-15)13-27-16-6-7-19(22-12-16)20-8-9-23-24-20/h3-10,12,17-18H,11,13H2,1-2H3,(H,23,24). The van der Waals surface area contributed by atoms with E-state index in [0.29, 0.717) is 12.5 Å². The normalized spacial score (nSPS) is 18.1. The molecule has 0 radical (unpaired) electrons. The minimum Gasteiger partial charge on any atom is -0.487 e. The molecule has 1 saturated carbocycles. The summed E-state index contributed by atoms with van der Waals surface area (Å²) in [4.78, 5) is 18.2. The van der Waals surface area contributed by atoms with Crippen LogP contribution in [0.25, 0.3) is 11.4 Å². The number of hydrogen-bond acceptors (Lipinski definition) is 4. The van der Waals surface area contributed by atoms with Crippen molar-refractivity contribution < 1.29 is 9.53 Å². The summed E-state index contributed by atoms with van der Waals surface area (Å²) < 4.78 is 5.87. The van der Waals surface area contributed by atoms with Crippen molar-refractivity contribution in [3.05, 3.63) is 66.0 Å². The molecule has 1 aliphatic rings. The number of benzene rings is 1. The predicted molar refractivity (Wildman–Crippen MR) is 102 cm³/mol. The Labute approximate surface area is 158 Å². The van der Waals surface area contributed by atoms with Crippen molar-refractivity contribution in [1.82, 2.24) is 20.1 Å². The molecule has 1 amide bonds. The molecule has 2 aromatic heterocycles. The Morgan fingerprint density at radius 1 is 1.26 bits per heavy atom. The van der Waals surface area contributed by atoms with Gasteiger partial charge < -0.3 is 9.64 Å². The van der Waals surface area contributed by atoms with Gasteiger partial charge in [0.1, 0.15) is 12.4 Å². The van der Waals surface area contributed by atoms with Gasteiger partial charge in [-0.1, -0.05) is 24.3 Å². The number of carbonyl (C=O) groups is 1. The van der Waals surface area contributed by atoms with Crippen LogP contribution in [0.4, 0.5) is 0 Å². The molecule has 0 spiro atoms. The summed E-state index contributed by atoms with van der Waals surface area (Å²) in [6, 6.07) is 14.0. The topological polar surface area (TPSA) is 71.1 Å². The Morgan fingerprint density at radius 3 is 2.85 bits per heavy atom. The summed E-state index contributed by atoms with van der Waals surface area (Å²) >= 11 is 0. The third-order valence-corrected chi connectivity index (χ3v) is 4.85. The van der Waals surface area contributed by atoms with Crippen LogP contribution in [-0.2, 0) is 11.4 Å². The lowest BCUT2D eigenvalue weighted by Gasteiger charge is -2.10. The molecule has 2 heterocycles. The van der Waals surface area contributed by atoms with Gasteiger partial charge in [0.05, 0.1) is 17.6 Å². The number of hydrogen-bond donors (Lipinski definition) is 1. The Bertz CT molecular complexity index is 920. The molecule has 0 aliphatic heterocycles. The van der Waals surface area contributed by atoms with Crippen molar-refractivity contribution in [2.45, 2.75) is 18.9 Å². The first-order chi connectivity index (χ1) is 13.1. The maximum atomic E-state index is 12.1. The van der Waals surface area contributed by atoms with Crippen molar-refractivity contribution in [3.8, 4) is 17.1 Å². The molecule has 1 N–H and O–H groups in total. The molecule has 1 aromatic carbocycles. The van der Waals surface area contributed by atoms with Crippen LogP contribution in [-0.4, -0.2) is 40.1 Å². The van der Waals surface area contributed by atoms with E-state index in [1.165, 1.54) is 5.56 Å². The molecular formula is C21H22N4O2. The Kier molecular flexibility index (Phi) is 4.62. The highest BCUT2D eigenvalue weighted by atomic mass is 16.5. The lowest BCUT2D eigenvalue weighted by atomic mass is 10.1. The van der Waals surface area contributed by atoms with E-state index in [2.05, 4.69) is 27.3 Å². The fourth-order valence-corrected chi connectivity index (χ4v) is 3.27. The van der Waals surface area contributed by atoms with Gasteiger partial charge in [-0.3, -0.25) is 14.9 Å². The number of ether oxygens (including phenoxy) is 1. The molecule has 3 aromatic rings. The number of rotatable bonds is 6. The van der Waals surface area contributed by atoms with Gasteiger partial charge >= 0.3 is 0 Å². The SMILES string of the molecule is CN(C)C(=O)C1CC1c1cccc(COc2ccc(-c3ccn[nH]3)nc2)c1. The van der Waals surface area contributed by atoms with Gasteiger partial charge in [-0.15, -0.1) is 0 Å². The molecule has 0 saturated heterocycles. The molecule has 2 unspecified atom stereocenters. The molecular weight excluding hydrogens is 340 g/mol. The zero-order chi connectivity index (χ0) is 18.8. The van der Waals surface area contributed by atoms with Gasteiger partial charge in [-0.25, -0.2) is 0 Å². The molecule has 1 aliphatic carbocycles. The van der Waals surface area contributed by atoms with Gasteiger partial charge in [0.2, 0.25) is 5.91 Å². The highest BCUT2D eigenvalue weighted by Gasteiger charge is 2.44. The average Bonchev–Trinajstić information content (AvgIpc) is 3.30. The van der Waals surface area contributed by atoms with Crippen LogP contribution in [0.3, 0.4) is 0 Å². The molecule has 138 valence electrons. The summed E-state index contributed by atoms with van der Waals surface area (Å²) in [5.74, 6) is 1.38. The number of amides is 1. The Morgan fingerprint density at radius 2 is 2.15 bits per heavy atom.